The molecule has 0 spiro atoms. The maximum Gasteiger partial charge on any atom is 0.273 e. The normalized spacial score (nSPS) is 13.4. The van der Waals surface area contributed by atoms with Crippen molar-refractivity contribution < 1.29 is 14.5 Å². The van der Waals surface area contributed by atoms with E-state index in [-0.39, 0.29) is 30.3 Å². The first kappa shape index (κ1) is 22.8. The summed E-state index contributed by atoms with van der Waals surface area (Å²) in [5, 5.41) is 13.9. The average molecular weight is 460 g/mol. The molecule has 1 aromatic heterocycles. The van der Waals surface area contributed by atoms with Gasteiger partial charge in [0.2, 0.25) is 17.8 Å². The molecule has 174 valence electrons. The number of anilines is 2. The largest absolute Gasteiger partial charge is 0.339 e. The Bertz CT molecular complexity index is 1160. The fourth-order valence-corrected chi connectivity index (χ4v) is 3.82. The Morgan fingerprint density at radius 3 is 2.26 bits per heavy atom. The summed E-state index contributed by atoms with van der Waals surface area (Å²) in [7, 11) is 0. The second-order valence-electron chi connectivity index (χ2n) is 7.90. The molecule has 0 radical (unpaired) electrons. The van der Waals surface area contributed by atoms with Gasteiger partial charge in [0.25, 0.3) is 5.69 Å². The summed E-state index contributed by atoms with van der Waals surface area (Å²) < 4.78 is 0. The molecule has 0 unspecified atom stereocenters. The molecular formula is C24H24N6O4. The van der Waals surface area contributed by atoms with E-state index in [1.54, 1.807) is 60.9 Å². The van der Waals surface area contributed by atoms with E-state index in [4.69, 9.17) is 0 Å². The van der Waals surface area contributed by atoms with Crippen molar-refractivity contribution in [2.75, 3.05) is 36.4 Å². The van der Waals surface area contributed by atoms with Crippen LogP contribution in [0.25, 0.3) is 0 Å². The maximum absolute atomic E-state index is 12.7. The molecule has 4 rings (SSSR count). The fraction of sp³-hybridized carbons (Fsp3) is 0.250. The third kappa shape index (κ3) is 5.71. The first-order valence-corrected chi connectivity index (χ1v) is 10.9. The molecule has 2 aromatic carbocycles. The molecule has 1 fully saturated rings. The van der Waals surface area contributed by atoms with Crippen LogP contribution in [-0.4, -0.2) is 57.8 Å². The highest BCUT2D eigenvalue weighted by Crippen LogP contribution is 2.19. The van der Waals surface area contributed by atoms with Gasteiger partial charge in [0, 0.05) is 55.9 Å². The van der Waals surface area contributed by atoms with Crippen molar-refractivity contribution in [3.63, 3.8) is 0 Å². The zero-order valence-electron chi connectivity index (χ0n) is 18.5. The van der Waals surface area contributed by atoms with E-state index < -0.39 is 4.92 Å². The van der Waals surface area contributed by atoms with E-state index in [0.717, 1.165) is 5.56 Å². The van der Waals surface area contributed by atoms with E-state index in [0.29, 0.717) is 43.4 Å². The molecule has 0 bridgehead atoms. The van der Waals surface area contributed by atoms with E-state index in [1.165, 1.54) is 6.07 Å². The minimum Gasteiger partial charge on any atom is -0.339 e. The highest BCUT2D eigenvalue weighted by atomic mass is 16.6. The quantitative estimate of drug-likeness (QED) is 0.425. The van der Waals surface area contributed by atoms with Crippen LogP contribution < -0.4 is 10.2 Å². The standard InChI is InChI=1S/C24H24N6O4/c31-22(17-19-4-1-2-5-21(19)30(33)34)27-20-8-6-18(7-9-20)16-23(32)28-12-14-29(15-13-28)24-25-10-3-11-26-24/h1-11H,12-17H2,(H,27,31). The lowest BCUT2D eigenvalue weighted by Gasteiger charge is -2.34. The average Bonchev–Trinajstić information content (AvgIpc) is 2.86. The molecule has 2 heterocycles. The molecule has 1 N–H and O–H groups in total. The van der Waals surface area contributed by atoms with Gasteiger partial charge in [0.15, 0.2) is 0 Å². The van der Waals surface area contributed by atoms with Crippen molar-refractivity contribution in [1.29, 1.82) is 0 Å². The topological polar surface area (TPSA) is 122 Å². The van der Waals surface area contributed by atoms with Gasteiger partial charge in [-0.05, 0) is 23.8 Å². The van der Waals surface area contributed by atoms with Crippen molar-refractivity contribution >= 4 is 29.1 Å². The smallest absolute Gasteiger partial charge is 0.273 e. The van der Waals surface area contributed by atoms with Gasteiger partial charge >= 0.3 is 0 Å². The predicted octanol–water partition coefficient (Wildman–Crippen LogP) is 2.46. The molecule has 0 saturated carbocycles. The van der Waals surface area contributed by atoms with Crippen molar-refractivity contribution in [3.8, 4) is 0 Å². The Morgan fingerprint density at radius 2 is 1.59 bits per heavy atom. The summed E-state index contributed by atoms with van der Waals surface area (Å²) in [4.78, 5) is 48.1. The molecule has 1 aliphatic rings. The Balaban J connectivity index is 1.27. The molecule has 34 heavy (non-hydrogen) atoms. The number of nitrogens with one attached hydrogen (secondary N) is 1. The maximum atomic E-state index is 12.7. The molecule has 0 aliphatic carbocycles. The van der Waals surface area contributed by atoms with Gasteiger partial charge in [-0.1, -0.05) is 30.3 Å². The highest BCUT2D eigenvalue weighted by Gasteiger charge is 2.22. The van der Waals surface area contributed by atoms with Crippen molar-refractivity contribution in [1.82, 2.24) is 14.9 Å². The first-order chi connectivity index (χ1) is 16.5. The number of nitrogens with zero attached hydrogens (tertiary/aromatic N) is 5. The molecule has 3 aromatic rings. The van der Waals surface area contributed by atoms with Crippen molar-refractivity contribution in [2.24, 2.45) is 0 Å². The minimum atomic E-state index is -0.496. The number of aromatic nitrogens is 2. The second kappa shape index (κ2) is 10.5. The molecule has 10 nitrogen and oxygen atoms in total. The van der Waals surface area contributed by atoms with Gasteiger partial charge in [-0.2, -0.15) is 0 Å². The number of nitro benzene ring substituents is 1. The molecule has 0 atom stereocenters. The Kier molecular flexibility index (Phi) is 7.07. The van der Waals surface area contributed by atoms with Crippen molar-refractivity contribution in [3.05, 3.63) is 88.2 Å². The number of benzene rings is 2. The molecular weight excluding hydrogens is 436 g/mol. The summed E-state index contributed by atoms with van der Waals surface area (Å²) in [5.41, 5.74) is 1.68. The Labute approximate surface area is 196 Å². The number of para-hydroxylation sites is 1. The van der Waals surface area contributed by atoms with Crippen LogP contribution in [0, 0.1) is 10.1 Å². The minimum absolute atomic E-state index is 0.0433. The number of carbonyl (C=O) groups is 2. The van der Waals surface area contributed by atoms with Gasteiger partial charge in [-0.25, -0.2) is 9.97 Å². The number of nitro groups is 1. The second-order valence-corrected chi connectivity index (χ2v) is 7.90. The lowest BCUT2D eigenvalue weighted by Crippen LogP contribution is -2.49. The first-order valence-electron chi connectivity index (χ1n) is 10.9. The third-order valence-corrected chi connectivity index (χ3v) is 5.60. The van der Waals surface area contributed by atoms with Crippen LogP contribution in [0.4, 0.5) is 17.3 Å². The van der Waals surface area contributed by atoms with Crippen LogP contribution in [0.1, 0.15) is 11.1 Å². The van der Waals surface area contributed by atoms with Gasteiger partial charge in [-0.15, -0.1) is 0 Å². The fourth-order valence-electron chi connectivity index (χ4n) is 3.82. The van der Waals surface area contributed by atoms with E-state index >= 15 is 0 Å². The summed E-state index contributed by atoms with van der Waals surface area (Å²) in [6.07, 6.45) is 3.58. The molecule has 1 saturated heterocycles. The third-order valence-electron chi connectivity index (χ3n) is 5.60. The summed E-state index contributed by atoms with van der Waals surface area (Å²) in [6, 6.07) is 15.0. The van der Waals surface area contributed by atoms with Crippen LogP contribution >= 0.6 is 0 Å². The van der Waals surface area contributed by atoms with Crippen LogP contribution in [0.5, 0.6) is 0 Å². The summed E-state index contributed by atoms with van der Waals surface area (Å²) in [5.74, 6) is 0.370. The van der Waals surface area contributed by atoms with Gasteiger partial charge in [0.1, 0.15) is 0 Å². The van der Waals surface area contributed by atoms with Crippen LogP contribution in [-0.2, 0) is 22.4 Å². The van der Waals surface area contributed by atoms with Crippen molar-refractivity contribution in [2.45, 2.75) is 12.8 Å². The van der Waals surface area contributed by atoms with E-state index in [1.807, 2.05) is 4.90 Å². The van der Waals surface area contributed by atoms with E-state index in [2.05, 4.69) is 20.2 Å². The van der Waals surface area contributed by atoms with E-state index in [9.17, 15) is 19.7 Å². The number of carbonyl (C=O) groups excluding carboxylic acids is 2. The zero-order chi connectivity index (χ0) is 23.9. The number of hydrogen-bond acceptors (Lipinski definition) is 7. The summed E-state index contributed by atoms with van der Waals surface area (Å²) >= 11 is 0. The predicted molar refractivity (Wildman–Crippen MR) is 126 cm³/mol. The van der Waals surface area contributed by atoms with Gasteiger partial charge in [-0.3, -0.25) is 19.7 Å². The number of amides is 2. The highest BCUT2D eigenvalue weighted by molar-refractivity contribution is 5.92. The lowest BCUT2D eigenvalue weighted by molar-refractivity contribution is -0.385. The lowest BCUT2D eigenvalue weighted by atomic mass is 10.1. The molecule has 2 amide bonds. The Hall–Kier alpha value is -4.34. The summed E-state index contributed by atoms with van der Waals surface area (Å²) in [6.45, 7) is 2.58. The van der Waals surface area contributed by atoms with Gasteiger partial charge in [0.05, 0.1) is 17.8 Å². The van der Waals surface area contributed by atoms with Gasteiger partial charge < -0.3 is 15.1 Å². The van der Waals surface area contributed by atoms with Crippen LogP contribution in [0.3, 0.4) is 0 Å². The number of rotatable bonds is 7. The monoisotopic (exact) mass is 460 g/mol. The van der Waals surface area contributed by atoms with Crippen LogP contribution in [0.2, 0.25) is 0 Å². The molecule has 10 heteroatoms. The number of piperazine rings is 1. The zero-order valence-corrected chi connectivity index (χ0v) is 18.5. The SMILES string of the molecule is O=C(Cc1ccccc1[N+](=O)[O-])Nc1ccc(CC(=O)N2CCN(c3ncccn3)CC2)cc1. The Morgan fingerprint density at radius 1 is 0.912 bits per heavy atom. The van der Waals surface area contributed by atoms with Crippen LogP contribution in [0.15, 0.2) is 67.0 Å². The molecule has 1 aliphatic heterocycles. The number of hydrogen-bond donors (Lipinski definition) is 1.